The van der Waals surface area contributed by atoms with E-state index < -0.39 is 11.8 Å². The first-order valence-corrected chi connectivity index (χ1v) is 9.58. The maximum Gasteiger partial charge on any atom is 0.305 e. The van der Waals surface area contributed by atoms with Gasteiger partial charge in [-0.3, -0.25) is 20.4 Å². The van der Waals surface area contributed by atoms with Gasteiger partial charge in [-0.05, 0) is 61.5 Å². The zero-order valence-corrected chi connectivity index (χ0v) is 16.7. The number of nitrogens with one attached hydrogen (secondary N) is 2. The highest BCUT2D eigenvalue weighted by molar-refractivity contribution is 5.98. The van der Waals surface area contributed by atoms with Gasteiger partial charge in [-0.1, -0.05) is 18.2 Å². The van der Waals surface area contributed by atoms with E-state index in [1.54, 1.807) is 41.2 Å². The third kappa shape index (κ3) is 4.81. The third-order valence-corrected chi connectivity index (χ3v) is 4.51. The van der Waals surface area contributed by atoms with Crippen molar-refractivity contribution in [2.24, 2.45) is 0 Å². The molecule has 4 aromatic rings. The number of aromatic nitrogens is 2. The highest BCUT2D eigenvalue weighted by atomic mass is 16.5. The Morgan fingerprint density at radius 3 is 2.39 bits per heavy atom. The SMILES string of the molecule is Cc1ccnn1-c1ccc(C(=O)NNC(=O)c2ccc(COc3ccccc3)o2)cc1. The van der Waals surface area contributed by atoms with Crippen LogP contribution < -0.4 is 15.6 Å². The number of carbonyl (C=O) groups is 2. The molecule has 2 amide bonds. The molecule has 0 spiro atoms. The molecule has 0 aliphatic carbocycles. The number of aryl methyl sites for hydroxylation is 1. The van der Waals surface area contributed by atoms with E-state index in [0.717, 1.165) is 11.4 Å². The van der Waals surface area contributed by atoms with Crippen LogP contribution in [0.3, 0.4) is 0 Å². The summed E-state index contributed by atoms with van der Waals surface area (Å²) in [5, 5.41) is 4.23. The van der Waals surface area contributed by atoms with Crippen LogP contribution in [0.1, 0.15) is 32.4 Å². The highest BCUT2D eigenvalue weighted by Crippen LogP contribution is 2.14. The number of hydrazine groups is 1. The second-order valence-electron chi connectivity index (χ2n) is 6.71. The van der Waals surface area contributed by atoms with Gasteiger partial charge in [0.15, 0.2) is 5.76 Å². The number of amides is 2. The highest BCUT2D eigenvalue weighted by Gasteiger charge is 2.13. The summed E-state index contributed by atoms with van der Waals surface area (Å²) < 4.78 is 12.8. The summed E-state index contributed by atoms with van der Waals surface area (Å²) in [6, 6.07) is 21.2. The van der Waals surface area contributed by atoms with Crippen molar-refractivity contribution in [2.75, 3.05) is 0 Å². The van der Waals surface area contributed by atoms with E-state index >= 15 is 0 Å². The van der Waals surface area contributed by atoms with E-state index in [0.29, 0.717) is 17.1 Å². The summed E-state index contributed by atoms with van der Waals surface area (Å²) >= 11 is 0. The summed E-state index contributed by atoms with van der Waals surface area (Å²) in [5.74, 6) is 0.242. The molecule has 0 radical (unpaired) electrons. The molecule has 0 bridgehead atoms. The molecular formula is C23H20N4O4. The van der Waals surface area contributed by atoms with Crippen molar-refractivity contribution in [2.45, 2.75) is 13.5 Å². The van der Waals surface area contributed by atoms with E-state index in [-0.39, 0.29) is 12.4 Å². The van der Waals surface area contributed by atoms with Crippen molar-refractivity contribution in [1.29, 1.82) is 0 Å². The lowest BCUT2D eigenvalue weighted by Gasteiger charge is -2.08. The van der Waals surface area contributed by atoms with Gasteiger partial charge in [0.1, 0.15) is 18.1 Å². The van der Waals surface area contributed by atoms with Crippen LogP contribution >= 0.6 is 0 Å². The van der Waals surface area contributed by atoms with E-state index in [4.69, 9.17) is 9.15 Å². The Morgan fingerprint density at radius 2 is 1.68 bits per heavy atom. The van der Waals surface area contributed by atoms with Gasteiger partial charge in [0, 0.05) is 17.5 Å². The first kappa shape index (κ1) is 20.0. The number of furan rings is 1. The quantitative estimate of drug-likeness (QED) is 0.469. The number of para-hydroxylation sites is 1. The molecule has 2 heterocycles. The second-order valence-corrected chi connectivity index (χ2v) is 6.71. The largest absolute Gasteiger partial charge is 0.486 e. The number of rotatable bonds is 6. The molecule has 31 heavy (non-hydrogen) atoms. The summed E-state index contributed by atoms with van der Waals surface area (Å²) in [4.78, 5) is 24.6. The van der Waals surface area contributed by atoms with Crippen molar-refractivity contribution in [1.82, 2.24) is 20.6 Å². The van der Waals surface area contributed by atoms with Gasteiger partial charge in [-0.25, -0.2) is 4.68 Å². The zero-order valence-electron chi connectivity index (χ0n) is 16.7. The van der Waals surface area contributed by atoms with Crippen LogP contribution in [0, 0.1) is 6.92 Å². The number of hydrogen-bond acceptors (Lipinski definition) is 5. The topological polar surface area (TPSA) is 98.4 Å². The fourth-order valence-electron chi connectivity index (χ4n) is 2.89. The Balaban J connectivity index is 1.30. The molecule has 2 N–H and O–H groups in total. The van der Waals surface area contributed by atoms with Crippen molar-refractivity contribution in [3.8, 4) is 11.4 Å². The molecule has 8 heteroatoms. The number of benzene rings is 2. The maximum absolute atomic E-state index is 12.3. The maximum atomic E-state index is 12.3. The molecule has 0 atom stereocenters. The first-order valence-electron chi connectivity index (χ1n) is 9.58. The Hall–Kier alpha value is -4.33. The lowest BCUT2D eigenvalue weighted by molar-refractivity contribution is 0.0828. The molecule has 0 fully saturated rings. The van der Waals surface area contributed by atoms with Crippen LogP contribution in [0.15, 0.2) is 83.4 Å². The summed E-state index contributed by atoms with van der Waals surface area (Å²) in [5.41, 5.74) is 6.94. The average Bonchev–Trinajstić information content (AvgIpc) is 3.46. The first-order chi connectivity index (χ1) is 15.1. The Kier molecular flexibility index (Phi) is 5.79. The Labute approximate surface area is 178 Å². The van der Waals surface area contributed by atoms with Gasteiger partial charge >= 0.3 is 5.91 Å². The predicted octanol–water partition coefficient (Wildman–Crippen LogP) is 3.43. The Bertz CT molecular complexity index is 1180. The number of hydrogen-bond donors (Lipinski definition) is 2. The van der Waals surface area contributed by atoms with Crippen LogP contribution in [0.2, 0.25) is 0 Å². The van der Waals surface area contributed by atoms with E-state index in [2.05, 4.69) is 16.0 Å². The van der Waals surface area contributed by atoms with Crippen LogP contribution in [0.4, 0.5) is 0 Å². The molecule has 2 aromatic heterocycles. The van der Waals surface area contributed by atoms with Crippen LogP contribution in [0.25, 0.3) is 5.69 Å². The minimum atomic E-state index is -0.567. The van der Waals surface area contributed by atoms with Crippen molar-refractivity contribution >= 4 is 11.8 Å². The predicted molar refractivity (Wildman–Crippen MR) is 113 cm³/mol. The van der Waals surface area contributed by atoms with E-state index in [9.17, 15) is 9.59 Å². The minimum Gasteiger partial charge on any atom is -0.486 e. The van der Waals surface area contributed by atoms with Crippen LogP contribution in [-0.2, 0) is 6.61 Å². The van der Waals surface area contributed by atoms with Crippen molar-refractivity contribution < 1.29 is 18.7 Å². The molecule has 0 unspecified atom stereocenters. The molecule has 0 saturated carbocycles. The van der Waals surface area contributed by atoms with Gasteiger partial charge in [-0.2, -0.15) is 5.10 Å². The molecule has 2 aromatic carbocycles. The molecule has 156 valence electrons. The van der Waals surface area contributed by atoms with Gasteiger partial charge in [-0.15, -0.1) is 0 Å². The lowest BCUT2D eigenvalue weighted by atomic mass is 10.2. The van der Waals surface area contributed by atoms with Crippen LogP contribution in [0.5, 0.6) is 5.75 Å². The molecular weight excluding hydrogens is 396 g/mol. The summed E-state index contributed by atoms with van der Waals surface area (Å²) in [7, 11) is 0. The van der Waals surface area contributed by atoms with Crippen molar-refractivity contribution in [3.63, 3.8) is 0 Å². The third-order valence-electron chi connectivity index (χ3n) is 4.51. The van der Waals surface area contributed by atoms with Crippen LogP contribution in [-0.4, -0.2) is 21.6 Å². The second kappa shape index (κ2) is 9.00. The van der Waals surface area contributed by atoms with Gasteiger partial charge < -0.3 is 9.15 Å². The van der Waals surface area contributed by atoms with Gasteiger partial charge in [0.2, 0.25) is 0 Å². The monoisotopic (exact) mass is 416 g/mol. The fraction of sp³-hybridized carbons (Fsp3) is 0.0870. The van der Waals surface area contributed by atoms with Gasteiger partial charge in [0.05, 0.1) is 5.69 Å². The smallest absolute Gasteiger partial charge is 0.305 e. The normalized spacial score (nSPS) is 10.5. The fourth-order valence-corrected chi connectivity index (χ4v) is 2.89. The summed E-state index contributed by atoms with van der Waals surface area (Å²) in [6.07, 6.45) is 1.71. The number of ether oxygens (including phenoxy) is 1. The lowest BCUT2D eigenvalue weighted by Crippen LogP contribution is -2.41. The minimum absolute atomic E-state index is 0.0662. The average molecular weight is 416 g/mol. The zero-order chi connectivity index (χ0) is 21.6. The Morgan fingerprint density at radius 1 is 0.935 bits per heavy atom. The molecule has 0 saturated heterocycles. The number of nitrogens with zero attached hydrogens (tertiary/aromatic N) is 2. The summed E-state index contributed by atoms with van der Waals surface area (Å²) in [6.45, 7) is 2.13. The van der Waals surface area contributed by atoms with E-state index in [1.165, 1.54) is 6.07 Å². The van der Waals surface area contributed by atoms with E-state index in [1.807, 2.05) is 43.3 Å². The van der Waals surface area contributed by atoms with Crippen molar-refractivity contribution in [3.05, 3.63) is 102 Å². The van der Waals surface area contributed by atoms with Gasteiger partial charge in [0.25, 0.3) is 5.91 Å². The molecule has 4 rings (SSSR count). The number of carbonyl (C=O) groups excluding carboxylic acids is 2. The molecule has 8 nitrogen and oxygen atoms in total. The molecule has 0 aliphatic rings. The standard InChI is InChI=1S/C23H20N4O4/c1-16-13-14-24-27(16)18-9-7-17(8-10-18)22(28)25-26-23(29)21-12-11-20(31-21)15-30-19-5-3-2-4-6-19/h2-14H,15H2,1H3,(H,25,28)(H,26,29). The molecule has 0 aliphatic heterocycles.